The largest absolute Gasteiger partial charge is 0.467 e. The first-order chi connectivity index (χ1) is 14.0. The fourth-order valence-corrected chi connectivity index (χ4v) is 4.38. The van der Waals surface area contributed by atoms with Crippen molar-refractivity contribution in [1.29, 1.82) is 0 Å². The zero-order chi connectivity index (χ0) is 20.7. The number of sulfonamides is 1. The maximum atomic E-state index is 12.8. The minimum atomic E-state index is -3.79. The van der Waals surface area contributed by atoms with Crippen LogP contribution in [0.2, 0.25) is 0 Å². The summed E-state index contributed by atoms with van der Waals surface area (Å²) in [7, 11) is -3.79. The molecule has 1 fully saturated rings. The van der Waals surface area contributed by atoms with Gasteiger partial charge in [0, 0.05) is 6.04 Å². The van der Waals surface area contributed by atoms with E-state index in [-0.39, 0.29) is 36.5 Å². The Morgan fingerprint density at radius 2 is 1.79 bits per heavy atom. The number of carbonyl (C=O) groups excluding carboxylic acids is 2. The molecule has 0 saturated heterocycles. The van der Waals surface area contributed by atoms with Crippen molar-refractivity contribution in [3.63, 3.8) is 0 Å². The highest BCUT2D eigenvalue weighted by molar-refractivity contribution is 7.89. The Hall–Kier alpha value is -2.65. The molecule has 1 heterocycles. The van der Waals surface area contributed by atoms with Gasteiger partial charge in [-0.2, -0.15) is 0 Å². The predicted octanol–water partition coefficient (Wildman–Crippen LogP) is 1.65. The Labute approximate surface area is 170 Å². The SMILES string of the molecule is O=C(CN(C(=O)CNS(=O)(=O)c1ccccc1)C1CCCC1)NCc1ccco1. The van der Waals surface area contributed by atoms with E-state index >= 15 is 0 Å². The monoisotopic (exact) mass is 419 g/mol. The lowest BCUT2D eigenvalue weighted by Crippen LogP contribution is -2.49. The molecular formula is C20H25N3O5S. The summed E-state index contributed by atoms with van der Waals surface area (Å²) in [4.78, 5) is 26.7. The van der Waals surface area contributed by atoms with Gasteiger partial charge in [-0.25, -0.2) is 13.1 Å². The molecule has 1 aliphatic rings. The Morgan fingerprint density at radius 3 is 2.45 bits per heavy atom. The fourth-order valence-electron chi connectivity index (χ4n) is 3.39. The third-order valence-electron chi connectivity index (χ3n) is 4.91. The highest BCUT2D eigenvalue weighted by Crippen LogP contribution is 2.23. The van der Waals surface area contributed by atoms with Gasteiger partial charge in [0.15, 0.2) is 0 Å². The van der Waals surface area contributed by atoms with E-state index in [9.17, 15) is 18.0 Å². The summed E-state index contributed by atoms with van der Waals surface area (Å²) < 4.78 is 32.3. The average molecular weight is 420 g/mol. The molecule has 0 radical (unpaired) electrons. The first-order valence-corrected chi connectivity index (χ1v) is 11.1. The standard InChI is InChI=1S/C20H25N3O5S/c24-19(21-13-17-9-6-12-28-17)15-23(16-7-4-5-8-16)20(25)14-22-29(26,27)18-10-2-1-3-11-18/h1-3,6,9-12,16,22H,4-5,7-8,13-15H2,(H,21,24). The van der Waals surface area contributed by atoms with Crippen molar-refractivity contribution >= 4 is 21.8 Å². The molecule has 9 heteroatoms. The molecule has 2 aromatic rings. The van der Waals surface area contributed by atoms with Gasteiger partial charge in [-0.05, 0) is 37.1 Å². The first kappa shape index (κ1) is 21.1. The second-order valence-electron chi connectivity index (χ2n) is 6.95. The molecule has 8 nitrogen and oxygen atoms in total. The van der Waals surface area contributed by atoms with Gasteiger partial charge in [0.2, 0.25) is 21.8 Å². The van der Waals surface area contributed by atoms with E-state index in [1.165, 1.54) is 23.3 Å². The third kappa shape index (κ3) is 5.91. The number of nitrogens with one attached hydrogen (secondary N) is 2. The van der Waals surface area contributed by atoms with E-state index in [4.69, 9.17) is 4.42 Å². The zero-order valence-electron chi connectivity index (χ0n) is 16.0. The summed E-state index contributed by atoms with van der Waals surface area (Å²) in [6, 6.07) is 11.3. The molecule has 0 aliphatic heterocycles. The number of nitrogens with zero attached hydrogens (tertiary/aromatic N) is 1. The minimum Gasteiger partial charge on any atom is -0.467 e. The first-order valence-electron chi connectivity index (χ1n) is 9.59. The Balaban J connectivity index is 1.60. The maximum absolute atomic E-state index is 12.8. The number of hydrogen-bond donors (Lipinski definition) is 2. The lowest BCUT2D eigenvalue weighted by atomic mass is 10.2. The summed E-state index contributed by atoms with van der Waals surface area (Å²) in [5.74, 6) is -0.107. The molecule has 1 aromatic carbocycles. The fraction of sp³-hybridized carbons (Fsp3) is 0.400. The van der Waals surface area contributed by atoms with Crippen LogP contribution in [0.4, 0.5) is 0 Å². The molecule has 0 unspecified atom stereocenters. The Bertz CT molecular complexity index is 907. The summed E-state index contributed by atoms with van der Waals surface area (Å²) in [6.07, 6.45) is 5.11. The summed E-state index contributed by atoms with van der Waals surface area (Å²) in [5.41, 5.74) is 0. The zero-order valence-corrected chi connectivity index (χ0v) is 16.9. The van der Waals surface area contributed by atoms with Crippen LogP contribution in [0.15, 0.2) is 58.0 Å². The minimum absolute atomic E-state index is 0.0573. The highest BCUT2D eigenvalue weighted by Gasteiger charge is 2.29. The molecule has 0 bridgehead atoms. The van der Waals surface area contributed by atoms with Gasteiger partial charge in [-0.3, -0.25) is 9.59 Å². The van der Waals surface area contributed by atoms with Crippen molar-refractivity contribution in [2.45, 2.75) is 43.2 Å². The molecule has 2 amide bonds. The van der Waals surface area contributed by atoms with E-state index in [2.05, 4.69) is 10.0 Å². The highest BCUT2D eigenvalue weighted by atomic mass is 32.2. The van der Waals surface area contributed by atoms with Crippen LogP contribution in [0.25, 0.3) is 0 Å². The maximum Gasteiger partial charge on any atom is 0.241 e. The summed E-state index contributed by atoms with van der Waals surface area (Å²) in [6.45, 7) is -0.268. The van der Waals surface area contributed by atoms with Crippen LogP contribution in [0, 0.1) is 0 Å². The Kier molecular flexibility index (Phi) is 7.05. The quantitative estimate of drug-likeness (QED) is 0.642. The second-order valence-corrected chi connectivity index (χ2v) is 8.72. The average Bonchev–Trinajstić information content (AvgIpc) is 3.43. The second kappa shape index (κ2) is 9.71. The third-order valence-corrected chi connectivity index (χ3v) is 6.32. The smallest absolute Gasteiger partial charge is 0.241 e. The van der Waals surface area contributed by atoms with Crippen LogP contribution < -0.4 is 10.0 Å². The van der Waals surface area contributed by atoms with E-state index < -0.39 is 15.9 Å². The van der Waals surface area contributed by atoms with E-state index in [0.717, 1.165) is 25.7 Å². The van der Waals surface area contributed by atoms with Crippen LogP contribution >= 0.6 is 0 Å². The van der Waals surface area contributed by atoms with E-state index in [1.807, 2.05) is 0 Å². The molecule has 1 aromatic heterocycles. The van der Waals surface area contributed by atoms with Crippen molar-refractivity contribution in [2.24, 2.45) is 0 Å². The van der Waals surface area contributed by atoms with E-state index in [0.29, 0.717) is 5.76 Å². The van der Waals surface area contributed by atoms with Crippen LogP contribution in [-0.2, 0) is 26.2 Å². The van der Waals surface area contributed by atoms with Crippen LogP contribution in [-0.4, -0.2) is 44.3 Å². The number of benzene rings is 1. The molecule has 29 heavy (non-hydrogen) atoms. The number of rotatable bonds is 9. The number of furan rings is 1. The van der Waals surface area contributed by atoms with Gasteiger partial charge in [-0.1, -0.05) is 31.0 Å². The molecule has 1 saturated carbocycles. The molecule has 2 N–H and O–H groups in total. The van der Waals surface area contributed by atoms with Crippen molar-refractivity contribution in [1.82, 2.24) is 14.9 Å². The molecular weight excluding hydrogens is 394 g/mol. The van der Waals surface area contributed by atoms with Gasteiger partial charge in [0.05, 0.1) is 30.8 Å². The van der Waals surface area contributed by atoms with Crippen LogP contribution in [0.5, 0.6) is 0 Å². The molecule has 0 atom stereocenters. The van der Waals surface area contributed by atoms with E-state index in [1.54, 1.807) is 30.3 Å². The van der Waals surface area contributed by atoms with Gasteiger partial charge >= 0.3 is 0 Å². The topological polar surface area (TPSA) is 109 Å². The lowest BCUT2D eigenvalue weighted by Gasteiger charge is -2.28. The van der Waals surface area contributed by atoms with Crippen LogP contribution in [0.1, 0.15) is 31.4 Å². The van der Waals surface area contributed by atoms with Gasteiger partial charge in [-0.15, -0.1) is 0 Å². The predicted molar refractivity (Wildman–Crippen MR) is 106 cm³/mol. The molecule has 3 rings (SSSR count). The number of carbonyl (C=O) groups is 2. The normalized spacial score (nSPS) is 14.6. The summed E-state index contributed by atoms with van der Waals surface area (Å²) in [5, 5.41) is 2.73. The molecule has 156 valence electrons. The number of hydrogen-bond acceptors (Lipinski definition) is 5. The lowest BCUT2D eigenvalue weighted by molar-refractivity contribution is -0.137. The van der Waals surface area contributed by atoms with Gasteiger partial charge in [0.1, 0.15) is 5.76 Å². The summed E-state index contributed by atoms with van der Waals surface area (Å²) >= 11 is 0. The van der Waals surface area contributed by atoms with Crippen molar-refractivity contribution in [2.75, 3.05) is 13.1 Å². The van der Waals surface area contributed by atoms with Gasteiger partial charge in [0.25, 0.3) is 0 Å². The van der Waals surface area contributed by atoms with Crippen molar-refractivity contribution in [3.05, 3.63) is 54.5 Å². The van der Waals surface area contributed by atoms with Crippen molar-refractivity contribution in [3.8, 4) is 0 Å². The Morgan fingerprint density at radius 1 is 1.07 bits per heavy atom. The van der Waals surface area contributed by atoms with Crippen molar-refractivity contribution < 1.29 is 22.4 Å². The molecule has 1 aliphatic carbocycles. The van der Waals surface area contributed by atoms with Gasteiger partial charge < -0.3 is 14.6 Å². The van der Waals surface area contributed by atoms with Crippen LogP contribution in [0.3, 0.4) is 0 Å². The number of amides is 2. The molecule has 0 spiro atoms.